The minimum Gasteiger partial charge on any atom is -0.481 e. The first-order valence-corrected chi connectivity index (χ1v) is 7.05. The summed E-state index contributed by atoms with van der Waals surface area (Å²) in [6, 6.07) is 10.5. The van der Waals surface area contributed by atoms with Gasteiger partial charge in [-0.05, 0) is 43.3 Å². The van der Waals surface area contributed by atoms with Gasteiger partial charge in [0, 0.05) is 6.54 Å². The molecule has 0 bridgehead atoms. The van der Waals surface area contributed by atoms with Gasteiger partial charge in [-0.3, -0.25) is 9.69 Å². The Labute approximate surface area is 115 Å². The van der Waals surface area contributed by atoms with Gasteiger partial charge in [0.25, 0.3) is 0 Å². The number of rotatable bonds is 4. The van der Waals surface area contributed by atoms with E-state index in [1.807, 2.05) is 6.07 Å². The zero-order valence-corrected chi connectivity index (χ0v) is 11.6. The predicted octanol–water partition coefficient (Wildman–Crippen LogP) is 3.15. The van der Waals surface area contributed by atoms with E-state index in [1.165, 1.54) is 5.56 Å². The first-order chi connectivity index (χ1) is 9.07. The second kappa shape index (κ2) is 6.20. The normalized spacial score (nSPS) is 24.9. The SMILES string of the molecule is CC1(CC(=O)O)CCCN(Cc2ccccc2)CC1. The molecule has 3 nitrogen and oxygen atoms in total. The van der Waals surface area contributed by atoms with Gasteiger partial charge in [-0.25, -0.2) is 0 Å². The molecule has 1 heterocycles. The third-order valence-corrected chi connectivity index (χ3v) is 4.11. The molecule has 1 saturated heterocycles. The van der Waals surface area contributed by atoms with E-state index in [0.717, 1.165) is 38.9 Å². The lowest BCUT2D eigenvalue weighted by molar-refractivity contribution is -0.139. The molecule has 104 valence electrons. The standard InChI is InChI=1S/C16H23NO2/c1-16(12-15(18)19)8-5-10-17(11-9-16)13-14-6-3-2-4-7-14/h2-4,6-7H,5,8-13H2,1H3,(H,18,19). The van der Waals surface area contributed by atoms with Gasteiger partial charge in [0.15, 0.2) is 0 Å². The fourth-order valence-electron chi connectivity index (χ4n) is 2.94. The third-order valence-electron chi connectivity index (χ3n) is 4.11. The fourth-order valence-corrected chi connectivity index (χ4v) is 2.94. The molecular formula is C16H23NO2. The summed E-state index contributed by atoms with van der Waals surface area (Å²) in [5.41, 5.74) is 1.31. The molecule has 1 aromatic carbocycles. The summed E-state index contributed by atoms with van der Waals surface area (Å²) in [4.78, 5) is 13.4. The molecule has 0 saturated carbocycles. The van der Waals surface area contributed by atoms with Crippen LogP contribution in [0.1, 0.15) is 38.2 Å². The van der Waals surface area contributed by atoms with Crippen molar-refractivity contribution in [2.45, 2.75) is 39.2 Å². The van der Waals surface area contributed by atoms with Crippen LogP contribution in [0.2, 0.25) is 0 Å². The summed E-state index contributed by atoms with van der Waals surface area (Å²) in [6.07, 6.45) is 3.39. The Balaban J connectivity index is 1.91. The van der Waals surface area contributed by atoms with Crippen molar-refractivity contribution < 1.29 is 9.90 Å². The lowest BCUT2D eigenvalue weighted by atomic mass is 9.80. The number of nitrogens with zero attached hydrogens (tertiary/aromatic N) is 1. The average molecular weight is 261 g/mol. The lowest BCUT2D eigenvalue weighted by Gasteiger charge is -2.26. The Morgan fingerprint density at radius 2 is 2.00 bits per heavy atom. The summed E-state index contributed by atoms with van der Waals surface area (Å²) >= 11 is 0. The lowest BCUT2D eigenvalue weighted by Crippen LogP contribution is -2.26. The van der Waals surface area contributed by atoms with Crippen LogP contribution in [0, 0.1) is 5.41 Å². The topological polar surface area (TPSA) is 40.5 Å². The Morgan fingerprint density at radius 3 is 2.68 bits per heavy atom. The molecule has 1 aliphatic rings. The molecule has 0 radical (unpaired) electrons. The van der Waals surface area contributed by atoms with Crippen molar-refractivity contribution >= 4 is 5.97 Å². The van der Waals surface area contributed by atoms with Crippen molar-refractivity contribution in [3.8, 4) is 0 Å². The Bertz CT molecular complexity index is 418. The molecule has 2 rings (SSSR count). The van der Waals surface area contributed by atoms with Gasteiger partial charge >= 0.3 is 5.97 Å². The van der Waals surface area contributed by atoms with Crippen LogP contribution < -0.4 is 0 Å². The van der Waals surface area contributed by atoms with Gasteiger partial charge in [0.2, 0.25) is 0 Å². The number of hydrogen-bond acceptors (Lipinski definition) is 2. The summed E-state index contributed by atoms with van der Waals surface area (Å²) in [6.45, 7) is 5.17. The molecule has 0 aromatic heterocycles. The van der Waals surface area contributed by atoms with Gasteiger partial charge in [-0.15, -0.1) is 0 Å². The van der Waals surface area contributed by atoms with E-state index in [4.69, 9.17) is 5.11 Å². The van der Waals surface area contributed by atoms with E-state index in [0.29, 0.717) is 6.42 Å². The predicted molar refractivity (Wildman–Crippen MR) is 75.9 cm³/mol. The third kappa shape index (κ3) is 4.35. The highest BCUT2D eigenvalue weighted by atomic mass is 16.4. The minimum atomic E-state index is -0.668. The van der Waals surface area contributed by atoms with E-state index in [1.54, 1.807) is 0 Å². The number of carboxylic acids is 1. The number of benzene rings is 1. The van der Waals surface area contributed by atoms with Crippen molar-refractivity contribution in [1.29, 1.82) is 0 Å². The van der Waals surface area contributed by atoms with Crippen molar-refractivity contribution in [3.63, 3.8) is 0 Å². The molecule has 3 heteroatoms. The van der Waals surface area contributed by atoms with Crippen LogP contribution in [-0.4, -0.2) is 29.1 Å². The first-order valence-electron chi connectivity index (χ1n) is 7.05. The van der Waals surface area contributed by atoms with E-state index < -0.39 is 5.97 Å². The Hall–Kier alpha value is -1.35. The molecule has 19 heavy (non-hydrogen) atoms. The molecule has 1 aromatic rings. The van der Waals surface area contributed by atoms with E-state index >= 15 is 0 Å². The van der Waals surface area contributed by atoms with Crippen LogP contribution in [0.3, 0.4) is 0 Å². The van der Waals surface area contributed by atoms with Gasteiger partial charge < -0.3 is 5.11 Å². The van der Waals surface area contributed by atoms with Crippen molar-refractivity contribution in [2.75, 3.05) is 13.1 Å². The fraction of sp³-hybridized carbons (Fsp3) is 0.562. The van der Waals surface area contributed by atoms with Crippen LogP contribution in [-0.2, 0) is 11.3 Å². The summed E-state index contributed by atoms with van der Waals surface area (Å²) < 4.78 is 0. The van der Waals surface area contributed by atoms with Crippen molar-refractivity contribution in [3.05, 3.63) is 35.9 Å². The van der Waals surface area contributed by atoms with Crippen LogP contribution in [0.25, 0.3) is 0 Å². The molecule has 1 unspecified atom stereocenters. The molecule has 1 fully saturated rings. The molecule has 1 N–H and O–H groups in total. The maximum atomic E-state index is 10.9. The first kappa shape index (κ1) is 14.1. The van der Waals surface area contributed by atoms with Gasteiger partial charge in [0.1, 0.15) is 0 Å². The Kier molecular flexibility index (Phi) is 4.59. The number of hydrogen-bond donors (Lipinski definition) is 1. The number of carboxylic acid groups (broad SMARTS) is 1. The second-order valence-corrected chi connectivity index (χ2v) is 6.00. The van der Waals surface area contributed by atoms with Crippen LogP contribution >= 0.6 is 0 Å². The summed E-state index contributed by atoms with van der Waals surface area (Å²) in [5, 5.41) is 9.01. The zero-order valence-electron chi connectivity index (χ0n) is 11.6. The average Bonchev–Trinajstić information content (AvgIpc) is 2.52. The van der Waals surface area contributed by atoms with E-state index in [2.05, 4.69) is 36.1 Å². The molecular weight excluding hydrogens is 238 g/mol. The van der Waals surface area contributed by atoms with Crippen molar-refractivity contribution in [2.24, 2.45) is 5.41 Å². The van der Waals surface area contributed by atoms with Gasteiger partial charge in [-0.1, -0.05) is 37.3 Å². The Morgan fingerprint density at radius 1 is 1.26 bits per heavy atom. The number of carbonyl (C=O) groups is 1. The molecule has 1 atom stereocenters. The maximum Gasteiger partial charge on any atom is 0.303 e. The summed E-state index contributed by atoms with van der Waals surface area (Å²) in [5.74, 6) is -0.668. The largest absolute Gasteiger partial charge is 0.481 e. The summed E-state index contributed by atoms with van der Waals surface area (Å²) in [7, 11) is 0. The van der Waals surface area contributed by atoms with Crippen LogP contribution in [0.4, 0.5) is 0 Å². The smallest absolute Gasteiger partial charge is 0.303 e. The highest BCUT2D eigenvalue weighted by Gasteiger charge is 2.30. The van der Waals surface area contributed by atoms with Crippen LogP contribution in [0.15, 0.2) is 30.3 Å². The van der Waals surface area contributed by atoms with Gasteiger partial charge in [0.05, 0.1) is 6.42 Å². The molecule has 0 aliphatic carbocycles. The quantitative estimate of drug-likeness (QED) is 0.905. The van der Waals surface area contributed by atoms with Crippen molar-refractivity contribution in [1.82, 2.24) is 4.90 Å². The van der Waals surface area contributed by atoms with Gasteiger partial charge in [-0.2, -0.15) is 0 Å². The number of likely N-dealkylation sites (tertiary alicyclic amines) is 1. The van der Waals surface area contributed by atoms with E-state index in [9.17, 15) is 4.79 Å². The van der Waals surface area contributed by atoms with Crippen LogP contribution in [0.5, 0.6) is 0 Å². The zero-order chi connectivity index (χ0) is 13.7. The molecule has 0 amide bonds. The molecule has 0 spiro atoms. The second-order valence-electron chi connectivity index (χ2n) is 6.00. The maximum absolute atomic E-state index is 10.9. The highest BCUT2D eigenvalue weighted by Crippen LogP contribution is 2.34. The minimum absolute atomic E-state index is 0.0305. The highest BCUT2D eigenvalue weighted by molar-refractivity contribution is 5.67. The van der Waals surface area contributed by atoms with E-state index in [-0.39, 0.29) is 5.41 Å². The molecule has 1 aliphatic heterocycles. The number of aliphatic carboxylic acids is 1. The monoisotopic (exact) mass is 261 g/mol.